The third kappa shape index (κ3) is 4.54. The topological polar surface area (TPSA) is 87.7 Å². The van der Waals surface area contributed by atoms with E-state index in [1.807, 2.05) is 31.2 Å². The number of carbonyl (C=O) groups is 1. The summed E-state index contributed by atoms with van der Waals surface area (Å²) >= 11 is 0. The van der Waals surface area contributed by atoms with E-state index in [9.17, 15) is 9.18 Å². The van der Waals surface area contributed by atoms with Gasteiger partial charge < -0.3 is 16.3 Å². The van der Waals surface area contributed by atoms with E-state index in [1.165, 1.54) is 24.3 Å². The van der Waals surface area contributed by atoms with Gasteiger partial charge in [-0.3, -0.25) is 4.79 Å². The summed E-state index contributed by atoms with van der Waals surface area (Å²) in [7, 11) is 0. The van der Waals surface area contributed by atoms with Crippen molar-refractivity contribution < 1.29 is 14.4 Å². The lowest BCUT2D eigenvalue weighted by molar-refractivity contribution is -0.118. The molecule has 2 aromatic rings. The van der Waals surface area contributed by atoms with Gasteiger partial charge in [0.25, 0.3) is 0 Å². The molecule has 0 unspecified atom stereocenters. The minimum absolute atomic E-state index is 0.176. The highest BCUT2D eigenvalue weighted by molar-refractivity contribution is 6.07. The van der Waals surface area contributed by atoms with Crippen LogP contribution in [0.15, 0.2) is 53.7 Å². The summed E-state index contributed by atoms with van der Waals surface area (Å²) in [5.41, 5.74) is 8.09. The van der Waals surface area contributed by atoms with Crippen molar-refractivity contribution in [3.63, 3.8) is 0 Å². The number of carbonyl (C=O) groups excluding carboxylic acids is 1. The Kier molecular flexibility index (Phi) is 5.30. The predicted octanol–water partition coefficient (Wildman–Crippen LogP) is 2.68. The van der Waals surface area contributed by atoms with Crippen LogP contribution in [-0.4, -0.2) is 17.0 Å². The van der Waals surface area contributed by atoms with Gasteiger partial charge in [0.05, 0.1) is 0 Å². The minimum atomic E-state index is -0.826. The fourth-order valence-corrected chi connectivity index (χ4v) is 2.12. The number of anilines is 1. The summed E-state index contributed by atoms with van der Waals surface area (Å²) in [6.07, 6.45) is 0.295. The van der Waals surface area contributed by atoms with Crippen molar-refractivity contribution in [2.24, 2.45) is 16.8 Å². The fourth-order valence-electron chi connectivity index (χ4n) is 2.12. The highest BCUT2D eigenvalue weighted by atomic mass is 19.1. The van der Waals surface area contributed by atoms with E-state index in [4.69, 9.17) is 10.9 Å². The van der Waals surface area contributed by atoms with Gasteiger partial charge in [-0.05, 0) is 43.2 Å². The molecule has 0 aliphatic heterocycles. The molecule has 0 saturated heterocycles. The number of nitrogens with zero attached hydrogens (tertiary/aromatic N) is 1. The first kappa shape index (κ1) is 16.5. The zero-order chi connectivity index (χ0) is 16.8. The molecule has 0 radical (unpaired) electrons. The maximum Gasteiger partial charge on any atom is 0.235 e. The lowest BCUT2D eigenvalue weighted by atomic mass is 9.96. The molecule has 0 aromatic heterocycles. The Morgan fingerprint density at radius 3 is 2.39 bits per heavy atom. The van der Waals surface area contributed by atoms with Gasteiger partial charge in [-0.2, -0.15) is 0 Å². The minimum Gasteiger partial charge on any atom is -0.409 e. The SMILES string of the molecule is Cc1ccc(C[C@H](C(=O)Nc2ccc(F)cc2)/C(N)=N\O)cc1. The number of aryl methyl sites for hydroxylation is 1. The number of hydrogen-bond donors (Lipinski definition) is 3. The van der Waals surface area contributed by atoms with Crippen molar-refractivity contribution in [1.82, 2.24) is 0 Å². The van der Waals surface area contributed by atoms with Crippen molar-refractivity contribution in [2.75, 3.05) is 5.32 Å². The van der Waals surface area contributed by atoms with Crippen LogP contribution in [0.2, 0.25) is 0 Å². The maximum atomic E-state index is 12.9. The first-order valence-electron chi connectivity index (χ1n) is 7.09. The molecule has 2 aromatic carbocycles. The van der Waals surface area contributed by atoms with Crippen LogP contribution in [0.4, 0.5) is 10.1 Å². The summed E-state index contributed by atoms with van der Waals surface area (Å²) in [6.45, 7) is 1.96. The fraction of sp³-hybridized carbons (Fsp3) is 0.176. The lowest BCUT2D eigenvalue weighted by Crippen LogP contribution is -2.36. The van der Waals surface area contributed by atoms with E-state index in [0.29, 0.717) is 12.1 Å². The first-order valence-corrected chi connectivity index (χ1v) is 7.09. The number of nitrogens with one attached hydrogen (secondary N) is 1. The number of amides is 1. The summed E-state index contributed by atoms with van der Waals surface area (Å²) in [5.74, 6) is -1.82. The Balaban J connectivity index is 2.15. The van der Waals surface area contributed by atoms with Crippen LogP contribution in [0.1, 0.15) is 11.1 Å². The molecule has 0 aliphatic rings. The summed E-state index contributed by atoms with van der Waals surface area (Å²) < 4.78 is 12.9. The highest BCUT2D eigenvalue weighted by Gasteiger charge is 2.24. The number of halogens is 1. The molecule has 0 saturated carbocycles. The van der Waals surface area contributed by atoms with E-state index in [2.05, 4.69) is 10.5 Å². The normalized spacial score (nSPS) is 12.7. The van der Waals surface area contributed by atoms with Crippen molar-refractivity contribution in [2.45, 2.75) is 13.3 Å². The van der Waals surface area contributed by atoms with Gasteiger partial charge in [-0.25, -0.2) is 4.39 Å². The number of oxime groups is 1. The smallest absolute Gasteiger partial charge is 0.235 e. The van der Waals surface area contributed by atoms with E-state index < -0.39 is 17.6 Å². The number of nitrogens with two attached hydrogens (primary N) is 1. The Morgan fingerprint density at radius 1 is 1.22 bits per heavy atom. The third-order valence-corrected chi connectivity index (χ3v) is 3.46. The number of amidine groups is 1. The molecule has 6 heteroatoms. The quantitative estimate of drug-likeness (QED) is 0.343. The van der Waals surface area contributed by atoms with Crippen LogP contribution in [-0.2, 0) is 11.2 Å². The number of hydrogen-bond acceptors (Lipinski definition) is 3. The maximum absolute atomic E-state index is 12.9. The Morgan fingerprint density at radius 2 is 1.83 bits per heavy atom. The van der Waals surface area contributed by atoms with Crippen LogP contribution in [0, 0.1) is 18.7 Å². The average molecular weight is 315 g/mol. The molecule has 5 nitrogen and oxygen atoms in total. The van der Waals surface area contributed by atoms with Crippen LogP contribution >= 0.6 is 0 Å². The van der Waals surface area contributed by atoms with Gasteiger partial charge in [-0.1, -0.05) is 35.0 Å². The largest absolute Gasteiger partial charge is 0.409 e. The van der Waals surface area contributed by atoms with Crippen LogP contribution in [0.25, 0.3) is 0 Å². The molecule has 0 spiro atoms. The van der Waals surface area contributed by atoms with Gasteiger partial charge in [0, 0.05) is 5.69 Å². The van der Waals surface area contributed by atoms with Gasteiger partial charge in [0.2, 0.25) is 5.91 Å². The van der Waals surface area contributed by atoms with E-state index in [0.717, 1.165) is 11.1 Å². The Hall–Kier alpha value is -2.89. The van der Waals surface area contributed by atoms with Crippen LogP contribution in [0.5, 0.6) is 0 Å². The standard InChI is InChI=1S/C17H18FN3O2/c1-11-2-4-12(5-3-11)10-15(16(19)21-23)17(22)20-14-8-6-13(18)7-9-14/h2-9,15,23H,10H2,1H3,(H2,19,21)(H,20,22)/t15-/m0/s1. The lowest BCUT2D eigenvalue weighted by Gasteiger charge is -2.16. The second kappa shape index (κ2) is 7.40. The molecule has 4 N–H and O–H groups in total. The molecule has 0 fully saturated rings. The van der Waals surface area contributed by atoms with Gasteiger partial charge >= 0.3 is 0 Å². The molecule has 1 amide bonds. The molecule has 2 rings (SSSR count). The number of rotatable bonds is 5. The molecule has 1 atom stereocenters. The van der Waals surface area contributed by atoms with E-state index >= 15 is 0 Å². The van der Waals surface area contributed by atoms with Crippen LogP contribution < -0.4 is 11.1 Å². The van der Waals surface area contributed by atoms with E-state index in [-0.39, 0.29) is 5.84 Å². The third-order valence-electron chi connectivity index (χ3n) is 3.46. The van der Waals surface area contributed by atoms with Crippen molar-refractivity contribution in [3.05, 3.63) is 65.5 Å². The zero-order valence-electron chi connectivity index (χ0n) is 12.7. The summed E-state index contributed by atoms with van der Waals surface area (Å²) in [4.78, 5) is 12.4. The van der Waals surface area contributed by atoms with E-state index in [1.54, 1.807) is 0 Å². The predicted molar refractivity (Wildman–Crippen MR) is 86.8 cm³/mol. The van der Waals surface area contributed by atoms with Crippen molar-refractivity contribution in [1.29, 1.82) is 0 Å². The van der Waals surface area contributed by atoms with Gasteiger partial charge in [0.15, 0.2) is 5.84 Å². The summed E-state index contributed by atoms with van der Waals surface area (Å²) in [6, 6.07) is 13.0. The van der Waals surface area contributed by atoms with Crippen molar-refractivity contribution >= 4 is 17.4 Å². The second-order valence-electron chi connectivity index (χ2n) is 5.26. The molecule has 0 heterocycles. The highest BCUT2D eigenvalue weighted by Crippen LogP contribution is 2.15. The summed E-state index contributed by atoms with van der Waals surface area (Å²) in [5, 5.41) is 14.5. The monoisotopic (exact) mass is 315 g/mol. The molecular weight excluding hydrogens is 297 g/mol. The molecule has 0 bridgehead atoms. The second-order valence-corrected chi connectivity index (χ2v) is 5.26. The number of benzene rings is 2. The van der Waals surface area contributed by atoms with Crippen molar-refractivity contribution in [3.8, 4) is 0 Å². The molecular formula is C17H18FN3O2. The Bertz CT molecular complexity index is 697. The van der Waals surface area contributed by atoms with Gasteiger partial charge in [0.1, 0.15) is 11.7 Å². The molecule has 23 heavy (non-hydrogen) atoms. The zero-order valence-corrected chi connectivity index (χ0v) is 12.7. The molecule has 120 valence electrons. The Labute approximate surface area is 133 Å². The first-order chi connectivity index (χ1) is 11.0. The van der Waals surface area contributed by atoms with Gasteiger partial charge in [-0.15, -0.1) is 0 Å². The molecule has 0 aliphatic carbocycles. The average Bonchev–Trinajstić information content (AvgIpc) is 2.55. The van der Waals surface area contributed by atoms with Crippen LogP contribution in [0.3, 0.4) is 0 Å².